The molecule has 0 aromatic carbocycles. The fourth-order valence-electron chi connectivity index (χ4n) is 3.78. The highest BCUT2D eigenvalue weighted by molar-refractivity contribution is 7.09. The van der Waals surface area contributed by atoms with E-state index in [1.807, 2.05) is 11.3 Å². The SMILES string of the molecule is NNC(Cc1cccs1)C1CCOC2(CCCC2)C1. The number of hydrogen-bond acceptors (Lipinski definition) is 4. The van der Waals surface area contributed by atoms with Crippen molar-refractivity contribution in [1.82, 2.24) is 5.43 Å². The van der Waals surface area contributed by atoms with Crippen LogP contribution in [0.15, 0.2) is 17.5 Å². The Morgan fingerprint density at radius 2 is 2.32 bits per heavy atom. The number of hydrogen-bond donors (Lipinski definition) is 2. The molecule has 19 heavy (non-hydrogen) atoms. The summed E-state index contributed by atoms with van der Waals surface area (Å²) in [5.74, 6) is 6.47. The third-order valence-corrected chi connectivity index (χ3v) is 5.73. The van der Waals surface area contributed by atoms with Gasteiger partial charge in [0.1, 0.15) is 0 Å². The highest BCUT2D eigenvalue weighted by atomic mass is 32.1. The molecule has 3 N–H and O–H groups in total. The van der Waals surface area contributed by atoms with Crippen LogP contribution < -0.4 is 11.3 Å². The summed E-state index contributed by atoms with van der Waals surface area (Å²) >= 11 is 1.83. The summed E-state index contributed by atoms with van der Waals surface area (Å²) in [4.78, 5) is 1.43. The van der Waals surface area contributed by atoms with Crippen molar-refractivity contribution in [1.29, 1.82) is 0 Å². The zero-order valence-electron chi connectivity index (χ0n) is 11.4. The van der Waals surface area contributed by atoms with Crippen LogP contribution in [0, 0.1) is 5.92 Å². The monoisotopic (exact) mass is 280 g/mol. The van der Waals surface area contributed by atoms with Crippen molar-refractivity contribution < 1.29 is 4.74 Å². The molecule has 2 fully saturated rings. The van der Waals surface area contributed by atoms with Crippen LogP contribution in [0.5, 0.6) is 0 Å². The van der Waals surface area contributed by atoms with Gasteiger partial charge in [-0.15, -0.1) is 11.3 Å². The Hall–Kier alpha value is -0.420. The molecular formula is C15H24N2OS. The second kappa shape index (κ2) is 5.92. The summed E-state index contributed by atoms with van der Waals surface area (Å²) < 4.78 is 6.12. The Kier molecular flexibility index (Phi) is 4.22. The smallest absolute Gasteiger partial charge is 0.0685 e. The molecule has 2 heterocycles. The van der Waals surface area contributed by atoms with Crippen molar-refractivity contribution in [2.75, 3.05) is 6.61 Å². The van der Waals surface area contributed by atoms with Crippen LogP contribution in [0.1, 0.15) is 43.4 Å². The summed E-state index contributed by atoms with van der Waals surface area (Å²) in [7, 11) is 0. The number of nitrogens with one attached hydrogen (secondary N) is 1. The van der Waals surface area contributed by atoms with Gasteiger partial charge in [-0.3, -0.25) is 11.3 Å². The van der Waals surface area contributed by atoms with Gasteiger partial charge in [-0.1, -0.05) is 18.9 Å². The maximum Gasteiger partial charge on any atom is 0.0685 e. The predicted molar refractivity (Wildman–Crippen MR) is 79.0 cm³/mol. The molecule has 2 atom stereocenters. The summed E-state index contributed by atoms with van der Waals surface area (Å²) in [5.41, 5.74) is 3.26. The molecule has 0 bridgehead atoms. The van der Waals surface area contributed by atoms with Crippen molar-refractivity contribution in [3.8, 4) is 0 Å². The number of ether oxygens (including phenoxy) is 1. The van der Waals surface area contributed by atoms with E-state index in [1.54, 1.807) is 0 Å². The molecular weight excluding hydrogens is 256 g/mol. The molecule has 1 saturated heterocycles. The summed E-state index contributed by atoms with van der Waals surface area (Å²) in [6.45, 7) is 0.910. The molecule has 3 nitrogen and oxygen atoms in total. The molecule has 1 aromatic rings. The lowest BCUT2D eigenvalue weighted by molar-refractivity contribution is -0.0978. The Balaban J connectivity index is 1.65. The van der Waals surface area contributed by atoms with E-state index in [0.29, 0.717) is 12.0 Å². The molecule has 0 radical (unpaired) electrons. The molecule has 1 saturated carbocycles. The highest BCUT2D eigenvalue weighted by Crippen LogP contribution is 2.43. The fourth-order valence-corrected chi connectivity index (χ4v) is 4.55. The zero-order chi connectivity index (χ0) is 13.1. The Labute approximate surface area is 119 Å². The lowest BCUT2D eigenvalue weighted by Gasteiger charge is -2.41. The van der Waals surface area contributed by atoms with E-state index in [0.717, 1.165) is 19.4 Å². The van der Waals surface area contributed by atoms with Gasteiger partial charge in [0.05, 0.1) is 5.60 Å². The number of rotatable bonds is 4. The molecule has 2 aliphatic rings. The van der Waals surface area contributed by atoms with E-state index in [4.69, 9.17) is 10.6 Å². The average molecular weight is 280 g/mol. The van der Waals surface area contributed by atoms with Gasteiger partial charge >= 0.3 is 0 Å². The van der Waals surface area contributed by atoms with Gasteiger partial charge in [0, 0.05) is 17.5 Å². The molecule has 106 valence electrons. The second-order valence-electron chi connectivity index (χ2n) is 6.05. The van der Waals surface area contributed by atoms with E-state index >= 15 is 0 Å². The molecule has 1 aliphatic heterocycles. The maximum absolute atomic E-state index is 6.12. The third kappa shape index (κ3) is 3.02. The van der Waals surface area contributed by atoms with Crippen LogP contribution in [0.4, 0.5) is 0 Å². The van der Waals surface area contributed by atoms with Crippen molar-refractivity contribution in [3.63, 3.8) is 0 Å². The summed E-state index contributed by atoms with van der Waals surface area (Å²) in [5, 5.41) is 2.14. The highest BCUT2D eigenvalue weighted by Gasteiger charge is 2.41. The summed E-state index contributed by atoms with van der Waals surface area (Å²) in [6.07, 6.45) is 8.54. The second-order valence-corrected chi connectivity index (χ2v) is 7.08. The minimum Gasteiger partial charge on any atom is -0.375 e. The first-order valence-electron chi connectivity index (χ1n) is 7.44. The van der Waals surface area contributed by atoms with Crippen molar-refractivity contribution in [2.45, 2.75) is 56.6 Å². The molecule has 1 aliphatic carbocycles. The zero-order valence-corrected chi connectivity index (χ0v) is 12.3. The van der Waals surface area contributed by atoms with Crippen LogP contribution in [0.2, 0.25) is 0 Å². The fraction of sp³-hybridized carbons (Fsp3) is 0.733. The van der Waals surface area contributed by atoms with Gasteiger partial charge in [-0.25, -0.2) is 0 Å². The van der Waals surface area contributed by atoms with Gasteiger partial charge < -0.3 is 4.74 Å². The number of thiophene rings is 1. The molecule has 2 unspecified atom stereocenters. The predicted octanol–water partition coefficient (Wildman–Crippen LogP) is 2.86. The van der Waals surface area contributed by atoms with Gasteiger partial charge in [-0.05, 0) is 49.5 Å². The van der Waals surface area contributed by atoms with Gasteiger partial charge in [0.25, 0.3) is 0 Å². The number of hydrazine groups is 1. The first kappa shape index (κ1) is 13.6. The lowest BCUT2D eigenvalue weighted by Crippen LogP contribution is -2.48. The molecule has 0 amide bonds. The van der Waals surface area contributed by atoms with Gasteiger partial charge in [-0.2, -0.15) is 0 Å². The van der Waals surface area contributed by atoms with Crippen molar-refractivity contribution in [3.05, 3.63) is 22.4 Å². The standard InChI is InChI=1S/C15H24N2OS/c16-17-14(10-13-4-3-9-19-13)12-5-8-18-15(11-12)6-1-2-7-15/h3-4,9,12,14,17H,1-2,5-8,10-11,16H2. The van der Waals surface area contributed by atoms with Crippen LogP contribution >= 0.6 is 11.3 Å². The Morgan fingerprint density at radius 3 is 3.00 bits per heavy atom. The first-order chi connectivity index (χ1) is 9.31. The van der Waals surface area contributed by atoms with Crippen molar-refractivity contribution >= 4 is 11.3 Å². The lowest BCUT2D eigenvalue weighted by atomic mass is 9.80. The quantitative estimate of drug-likeness (QED) is 0.658. The minimum absolute atomic E-state index is 0.188. The molecule has 1 spiro atoms. The first-order valence-corrected chi connectivity index (χ1v) is 8.32. The van der Waals surface area contributed by atoms with Crippen LogP contribution in [-0.4, -0.2) is 18.2 Å². The van der Waals surface area contributed by atoms with Crippen molar-refractivity contribution in [2.24, 2.45) is 11.8 Å². The van der Waals surface area contributed by atoms with E-state index in [-0.39, 0.29) is 5.60 Å². The van der Waals surface area contributed by atoms with E-state index in [2.05, 4.69) is 22.9 Å². The van der Waals surface area contributed by atoms with Crippen LogP contribution in [0.3, 0.4) is 0 Å². The average Bonchev–Trinajstić information content (AvgIpc) is 3.08. The normalized spacial score (nSPS) is 27.7. The largest absolute Gasteiger partial charge is 0.375 e. The van der Waals surface area contributed by atoms with Crippen LogP contribution in [-0.2, 0) is 11.2 Å². The Bertz CT molecular complexity index is 387. The third-order valence-electron chi connectivity index (χ3n) is 4.83. The minimum atomic E-state index is 0.188. The molecule has 3 rings (SSSR count). The Morgan fingerprint density at radius 1 is 1.47 bits per heavy atom. The molecule has 4 heteroatoms. The maximum atomic E-state index is 6.12. The molecule has 1 aromatic heterocycles. The van der Waals surface area contributed by atoms with E-state index in [1.165, 1.54) is 37.0 Å². The number of nitrogens with two attached hydrogens (primary N) is 1. The summed E-state index contributed by atoms with van der Waals surface area (Å²) in [6, 6.07) is 4.72. The van der Waals surface area contributed by atoms with Gasteiger partial charge in [0.15, 0.2) is 0 Å². The van der Waals surface area contributed by atoms with Gasteiger partial charge in [0.2, 0.25) is 0 Å². The topological polar surface area (TPSA) is 47.3 Å². The van der Waals surface area contributed by atoms with E-state index in [9.17, 15) is 0 Å². The van der Waals surface area contributed by atoms with E-state index < -0.39 is 0 Å². The van der Waals surface area contributed by atoms with Crippen LogP contribution in [0.25, 0.3) is 0 Å².